The lowest BCUT2D eigenvalue weighted by Gasteiger charge is -2.11. The summed E-state index contributed by atoms with van der Waals surface area (Å²) in [5.41, 5.74) is 0.850. The standard InChI is InChI=1S/C16H14N4O3S/c1-3-7-19-14(21)12-9-17-16(24-2)18-13(12)20(19)11-6-4-5-10(8-11)15(22)23/h3-6,8-9H,1,7H2,2H3,(H,22,23). The van der Waals surface area contributed by atoms with E-state index in [2.05, 4.69) is 16.5 Å². The fourth-order valence-electron chi connectivity index (χ4n) is 2.43. The Kier molecular flexibility index (Phi) is 4.22. The van der Waals surface area contributed by atoms with E-state index in [0.29, 0.717) is 21.9 Å². The van der Waals surface area contributed by atoms with Crippen molar-refractivity contribution in [2.75, 3.05) is 6.26 Å². The van der Waals surface area contributed by atoms with Crippen molar-refractivity contribution in [1.82, 2.24) is 19.3 Å². The summed E-state index contributed by atoms with van der Waals surface area (Å²) in [4.78, 5) is 32.4. The number of thioether (sulfide) groups is 1. The molecule has 0 fully saturated rings. The second-order valence-electron chi connectivity index (χ2n) is 4.94. The van der Waals surface area contributed by atoms with Crippen LogP contribution in [-0.4, -0.2) is 36.7 Å². The van der Waals surface area contributed by atoms with E-state index in [1.807, 2.05) is 6.26 Å². The molecule has 3 aromatic rings. The number of carboxylic acids is 1. The molecule has 3 rings (SSSR count). The number of carboxylic acid groups (broad SMARTS) is 1. The largest absolute Gasteiger partial charge is 0.478 e. The van der Waals surface area contributed by atoms with Crippen molar-refractivity contribution >= 4 is 28.8 Å². The molecule has 0 atom stereocenters. The number of nitrogens with zero attached hydrogens (tertiary/aromatic N) is 4. The first-order valence-electron chi connectivity index (χ1n) is 7.04. The number of benzene rings is 1. The van der Waals surface area contributed by atoms with Gasteiger partial charge in [0.15, 0.2) is 10.8 Å². The molecule has 0 bridgehead atoms. The monoisotopic (exact) mass is 342 g/mol. The molecule has 2 aromatic heterocycles. The molecule has 0 spiro atoms. The van der Waals surface area contributed by atoms with Gasteiger partial charge in [-0.25, -0.2) is 24.1 Å². The van der Waals surface area contributed by atoms with Crippen LogP contribution in [0.2, 0.25) is 0 Å². The van der Waals surface area contributed by atoms with E-state index < -0.39 is 5.97 Å². The molecule has 7 nitrogen and oxygen atoms in total. The molecule has 0 aliphatic rings. The lowest BCUT2D eigenvalue weighted by molar-refractivity contribution is 0.0697. The summed E-state index contributed by atoms with van der Waals surface area (Å²) in [7, 11) is 0. The molecule has 0 amide bonds. The average molecular weight is 342 g/mol. The number of rotatable bonds is 5. The van der Waals surface area contributed by atoms with Crippen molar-refractivity contribution in [2.24, 2.45) is 0 Å². The Hall–Kier alpha value is -2.87. The van der Waals surface area contributed by atoms with E-state index >= 15 is 0 Å². The molecular weight excluding hydrogens is 328 g/mol. The molecule has 2 heterocycles. The van der Waals surface area contributed by atoms with Crippen molar-refractivity contribution in [3.05, 3.63) is 59.0 Å². The van der Waals surface area contributed by atoms with Crippen LogP contribution in [-0.2, 0) is 6.54 Å². The third-order valence-corrected chi connectivity index (χ3v) is 4.04. The van der Waals surface area contributed by atoms with Gasteiger partial charge in [-0.2, -0.15) is 0 Å². The molecule has 0 aliphatic heterocycles. The van der Waals surface area contributed by atoms with Crippen LogP contribution >= 0.6 is 11.8 Å². The highest BCUT2D eigenvalue weighted by Gasteiger charge is 2.17. The van der Waals surface area contributed by atoms with E-state index in [1.165, 1.54) is 34.8 Å². The lowest BCUT2D eigenvalue weighted by Crippen LogP contribution is -2.21. The molecule has 8 heteroatoms. The number of aromatic nitrogens is 4. The van der Waals surface area contributed by atoms with Crippen LogP contribution in [0.1, 0.15) is 10.4 Å². The van der Waals surface area contributed by atoms with Gasteiger partial charge in [-0.1, -0.05) is 23.9 Å². The minimum atomic E-state index is -1.04. The van der Waals surface area contributed by atoms with Crippen LogP contribution in [0.25, 0.3) is 16.7 Å². The highest BCUT2D eigenvalue weighted by Crippen LogP contribution is 2.19. The van der Waals surface area contributed by atoms with E-state index in [-0.39, 0.29) is 17.7 Å². The van der Waals surface area contributed by atoms with E-state index in [4.69, 9.17) is 0 Å². The van der Waals surface area contributed by atoms with Crippen LogP contribution in [0.3, 0.4) is 0 Å². The van der Waals surface area contributed by atoms with Gasteiger partial charge in [0.2, 0.25) is 0 Å². The zero-order valence-corrected chi connectivity index (χ0v) is 13.7. The van der Waals surface area contributed by atoms with Gasteiger partial charge < -0.3 is 5.11 Å². The third-order valence-electron chi connectivity index (χ3n) is 3.48. The second-order valence-corrected chi connectivity index (χ2v) is 5.71. The van der Waals surface area contributed by atoms with Gasteiger partial charge in [-0.15, -0.1) is 6.58 Å². The van der Waals surface area contributed by atoms with Gasteiger partial charge in [-0.3, -0.25) is 4.79 Å². The molecule has 24 heavy (non-hydrogen) atoms. The van der Waals surface area contributed by atoms with Crippen molar-refractivity contribution in [3.63, 3.8) is 0 Å². The van der Waals surface area contributed by atoms with E-state index in [1.54, 1.807) is 22.9 Å². The number of fused-ring (bicyclic) bond motifs is 1. The fourth-order valence-corrected chi connectivity index (χ4v) is 2.77. The predicted molar refractivity (Wildman–Crippen MR) is 92.1 cm³/mol. The summed E-state index contributed by atoms with van der Waals surface area (Å²) in [6, 6.07) is 6.35. The van der Waals surface area contributed by atoms with Crippen LogP contribution in [0.5, 0.6) is 0 Å². The first-order chi connectivity index (χ1) is 11.6. The quantitative estimate of drug-likeness (QED) is 0.434. The van der Waals surface area contributed by atoms with Crippen molar-refractivity contribution in [3.8, 4) is 5.69 Å². The van der Waals surface area contributed by atoms with Crippen molar-refractivity contribution in [1.29, 1.82) is 0 Å². The van der Waals surface area contributed by atoms with Crippen LogP contribution in [0.15, 0.2) is 53.1 Å². The lowest BCUT2D eigenvalue weighted by atomic mass is 10.2. The molecule has 0 radical (unpaired) electrons. The topological polar surface area (TPSA) is 90.0 Å². The summed E-state index contributed by atoms with van der Waals surface area (Å²) in [6.07, 6.45) is 4.93. The second kappa shape index (κ2) is 6.32. The minimum Gasteiger partial charge on any atom is -0.478 e. The van der Waals surface area contributed by atoms with Gasteiger partial charge in [-0.05, 0) is 24.5 Å². The molecule has 122 valence electrons. The first kappa shape index (κ1) is 16.0. The summed E-state index contributed by atoms with van der Waals surface area (Å²) < 4.78 is 3.06. The molecule has 0 saturated heterocycles. The summed E-state index contributed by atoms with van der Waals surface area (Å²) in [5.74, 6) is -1.04. The van der Waals surface area contributed by atoms with Crippen LogP contribution in [0.4, 0.5) is 0 Å². The van der Waals surface area contributed by atoms with Gasteiger partial charge in [0.25, 0.3) is 5.56 Å². The Balaban J connectivity index is 2.38. The van der Waals surface area contributed by atoms with Gasteiger partial charge in [0.1, 0.15) is 5.39 Å². The normalized spacial score (nSPS) is 10.9. The summed E-state index contributed by atoms with van der Waals surface area (Å²) >= 11 is 1.36. The Labute approximate surface area is 141 Å². The van der Waals surface area contributed by atoms with Gasteiger partial charge in [0, 0.05) is 6.20 Å². The highest BCUT2D eigenvalue weighted by atomic mass is 32.2. The van der Waals surface area contributed by atoms with Crippen molar-refractivity contribution in [2.45, 2.75) is 11.7 Å². The number of carbonyl (C=O) groups is 1. The molecule has 1 N–H and O–H groups in total. The first-order valence-corrected chi connectivity index (χ1v) is 8.26. The molecule has 1 aromatic carbocycles. The maximum Gasteiger partial charge on any atom is 0.335 e. The summed E-state index contributed by atoms with van der Waals surface area (Å²) in [5, 5.41) is 10.1. The SMILES string of the molecule is C=CCn1c(=O)c2cnc(SC)nc2n1-c1cccc(C(=O)O)c1. The van der Waals surface area contributed by atoms with Gasteiger partial charge >= 0.3 is 5.97 Å². The fraction of sp³-hybridized carbons (Fsp3) is 0.125. The average Bonchev–Trinajstić information content (AvgIpc) is 2.87. The zero-order chi connectivity index (χ0) is 17.3. The molecular formula is C16H14N4O3S. The van der Waals surface area contributed by atoms with E-state index in [9.17, 15) is 14.7 Å². The maximum atomic E-state index is 12.6. The number of hydrogen-bond acceptors (Lipinski definition) is 5. The van der Waals surface area contributed by atoms with Crippen LogP contribution < -0.4 is 5.56 Å². The predicted octanol–water partition coefficient (Wildman–Crippen LogP) is 2.19. The number of aromatic carboxylic acids is 1. The Morgan fingerprint density at radius 3 is 2.92 bits per heavy atom. The number of allylic oxidation sites excluding steroid dienone is 1. The van der Waals surface area contributed by atoms with Crippen LogP contribution in [0, 0.1) is 0 Å². The third kappa shape index (κ3) is 2.61. The maximum absolute atomic E-state index is 12.6. The van der Waals surface area contributed by atoms with Crippen molar-refractivity contribution < 1.29 is 9.90 Å². The Bertz CT molecular complexity index is 1010. The zero-order valence-electron chi connectivity index (χ0n) is 12.8. The minimum absolute atomic E-state index is 0.131. The smallest absolute Gasteiger partial charge is 0.335 e. The summed E-state index contributed by atoms with van der Waals surface area (Å²) in [6.45, 7) is 3.94. The Morgan fingerprint density at radius 2 is 2.25 bits per heavy atom. The number of hydrogen-bond donors (Lipinski definition) is 1. The van der Waals surface area contributed by atoms with E-state index in [0.717, 1.165) is 0 Å². The Morgan fingerprint density at radius 1 is 1.46 bits per heavy atom. The molecule has 0 aliphatic carbocycles. The molecule has 0 unspecified atom stereocenters. The highest BCUT2D eigenvalue weighted by molar-refractivity contribution is 7.98. The molecule has 0 saturated carbocycles. The van der Waals surface area contributed by atoms with Gasteiger partial charge in [0.05, 0.1) is 17.8 Å².